The third-order valence-corrected chi connectivity index (χ3v) is 2.33. The standard InChI is InChI=1S/C10H13N3/c1-3-13-10-5-9(11)7(2)4-8(10)6-12-13/h4-6H,3,11H2,1-2H3. The minimum atomic E-state index is 0.836. The van der Waals surface area contributed by atoms with Crippen LogP contribution in [0.5, 0.6) is 0 Å². The van der Waals surface area contributed by atoms with Gasteiger partial charge in [-0.05, 0) is 31.5 Å². The zero-order chi connectivity index (χ0) is 9.42. The number of hydrogen-bond donors (Lipinski definition) is 1. The quantitative estimate of drug-likeness (QED) is 0.673. The molecule has 2 N–H and O–H groups in total. The average Bonchev–Trinajstić information content (AvgIpc) is 2.48. The van der Waals surface area contributed by atoms with Gasteiger partial charge in [0.15, 0.2) is 0 Å². The van der Waals surface area contributed by atoms with Crippen LogP contribution < -0.4 is 5.73 Å². The van der Waals surface area contributed by atoms with Gasteiger partial charge in [-0.2, -0.15) is 5.10 Å². The van der Waals surface area contributed by atoms with Crippen molar-refractivity contribution in [2.45, 2.75) is 20.4 Å². The first kappa shape index (κ1) is 8.10. The summed E-state index contributed by atoms with van der Waals surface area (Å²) in [5, 5.41) is 5.42. The van der Waals surface area contributed by atoms with Crippen molar-refractivity contribution in [2.24, 2.45) is 0 Å². The molecule has 0 unspecified atom stereocenters. The maximum Gasteiger partial charge on any atom is 0.0702 e. The van der Waals surface area contributed by atoms with Crippen molar-refractivity contribution in [3.05, 3.63) is 23.9 Å². The van der Waals surface area contributed by atoms with E-state index < -0.39 is 0 Å². The summed E-state index contributed by atoms with van der Waals surface area (Å²) in [6, 6.07) is 4.06. The van der Waals surface area contributed by atoms with E-state index in [1.807, 2.05) is 23.9 Å². The molecule has 0 saturated carbocycles. The van der Waals surface area contributed by atoms with E-state index in [0.29, 0.717) is 0 Å². The second-order valence-corrected chi connectivity index (χ2v) is 3.23. The van der Waals surface area contributed by atoms with Gasteiger partial charge in [-0.15, -0.1) is 0 Å². The van der Waals surface area contributed by atoms with E-state index in [0.717, 1.165) is 28.7 Å². The summed E-state index contributed by atoms with van der Waals surface area (Å²) in [6.45, 7) is 4.96. The molecule has 0 saturated heterocycles. The molecule has 1 aromatic carbocycles. The van der Waals surface area contributed by atoms with Crippen LogP contribution in [0, 0.1) is 6.92 Å². The van der Waals surface area contributed by atoms with Gasteiger partial charge in [0.25, 0.3) is 0 Å². The smallest absolute Gasteiger partial charge is 0.0702 e. The molecule has 1 aromatic heterocycles. The normalized spacial score (nSPS) is 10.9. The number of fused-ring (bicyclic) bond motifs is 1. The summed E-state index contributed by atoms with van der Waals surface area (Å²) < 4.78 is 1.95. The zero-order valence-electron chi connectivity index (χ0n) is 7.91. The number of rotatable bonds is 1. The Morgan fingerprint density at radius 3 is 2.92 bits per heavy atom. The van der Waals surface area contributed by atoms with Crippen molar-refractivity contribution < 1.29 is 0 Å². The topological polar surface area (TPSA) is 43.8 Å². The number of aromatic nitrogens is 2. The molecule has 0 aliphatic heterocycles. The van der Waals surface area contributed by atoms with Crippen LogP contribution in [0.3, 0.4) is 0 Å². The van der Waals surface area contributed by atoms with Crippen molar-refractivity contribution in [2.75, 3.05) is 5.73 Å². The summed E-state index contributed by atoms with van der Waals surface area (Å²) in [5.41, 5.74) is 8.89. The third kappa shape index (κ3) is 1.16. The van der Waals surface area contributed by atoms with E-state index in [-0.39, 0.29) is 0 Å². The maximum absolute atomic E-state index is 5.83. The summed E-state index contributed by atoms with van der Waals surface area (Å²) in [5.74, 6) is 0. The van der Waals surface area contributed by atoms with Crippen LogP contribution in [-0.2, 0) is 6.54 Å². The molecule has 2 rings (SSSR count). The predicted molar refractivity (Wildman–Crippen MR) is 54.6 cm³/mol. The lowest BCUT2D eigenvalue weighted by Gasteiger charge is -2.02. The highest BCUT2D eigenvalue weighted by atomic mass is 15.3. The first-order valence-electron chi connectivity index (χ1n) is 4.44. The fourth-order valence-corrected chi connectivity index (χ4v) is 1.51. The van der Waals surface area contributed by atoms with E-state index >= 15 is 0 Å². The number of benzene rings is 1. The van der Waals surface area contributed by atoms with Crippen LogP contribution in [0.15, 0.2) is 18.3 Å². The third-order valence-electron chi connectivity index (χ3n) is 2.33. The van der Waals surface area contributed by atoms with Crippen molar-refractivity contribution in [3.8, 4) is 0 Å². The SMILES string of the molecule is CCn1ncc2cc(C)c(N)cc21. The highest BCUT2D eigenvalue weighted by molar-refractivity contribution is 5.83. The van der Waals surface area contributed by atoms with Gasteiger partial charge in [0.1, 0.15) is 0 Å². The zero-order valence-corrected chi connectivity index (χ0v) is 7.91. The molecule has 68 valence electrons. The first-order chi connectivity index (χ1) is 6.22. The highest BCUT2D eigenvalue weighted by Gasteiger charge is 2.03. The fourth-order valence-electron chi connectivity index (χ4n) is 1.51. The molecule has 3 heteroatoms. The molecule has 0 spiro atoms. The Hall–Kier alpha value is -1.51. The molecule has 13 heavy (non-hydrogen) atoms. The van der Waals surface area contributed by atoms with Gasteiger partial charge in [-0.3, -0.25) is 4.68 Å². The lowest BCUT2D eigenvalue weighted by atomic mass is 10.1. The van der Waals surface area contributed by atoms with E-state index in [4.69, 9.17) is 5.73 Å². The summed E-state index contributed by atoms with van der Waals surface area (Å²) >= 11 is 0. The number of nitrogen functional groups attached to an aromatic ring is 1. The largest absolute Gasteiger partial charge is 0.398 e. The van der Waals surface area contributed by atoms with Crippen molar-refractivity contribution in [3.63, 3.8) is 0 Å². The monoisotopic (exact) mass is 175 g/mol. The molecular weight excluding hydrogens is 162 g/mol. The Bertz CT molecular complexity index is 443. The molecule has 0 fully saturated rings. The van der Waals surface area contributed by atoms with Crippen LogP contribution in [0.2, 0.25) is 0 Å². The Morgan fingerprint density at radius 2 is 2.23 bits per heavy atom. The van der Waals surface area contributed by atoms with Gasteiger partial charge in [0.05, 0.1) is 11.7 Å². The van der Waals surface area contributed by atoms with Gasteiger partial charge >= 0.3 is 0 Å². The molecule has 1 heterocycles. The molecule has 2 aromatic rings. The molecule has 3 nitrogen and oxygen atoms in total. The van der Waals surface area contributed by atoms with E-state index in [1.54, 1.807) is 0 Å². The Balaban J connectivity index is 2.77. The molecule has 0 bridgehead atoms. The van der Waals surface area contributed by atoms with Crippen molar-refractivity contribution in [1.29, 1.82) is 0 Å². The molecular formula is C10H13N3. The lowest BCUT2D eigenvalue weighted by Crippen LogP contribution is -1.96. The van der Waals surface area contributed by atoms with E-state index in [9.17, 15) is 0 Å². The molecule has 0 radical (unpaired) electrons. The maximum atomic E-state index is 5.83. The molecule has 0 atom stereocenters. The average molecular weight is 175 g/mol. The summed E-state index contributed by atoms with van der Waals surface area (Å²) in [4.78, 5) is 0. The lowest BCUT2D eigenvalue weighted by molar-refractivity contribution is 0.684. The van der Waals surface area contributed by atoms with Gasteiger partial charge in [0.2, 0.25) is 0 Å². The Morgan fingerprint density at radius 1 is 1.46 bits per heavy atom. The van der Waals surface area contributed by atoms with Gasteiger partial charge in [-0.25, -0.2) is 0 Å². The van der Waals surface area contributed by atoms with E-state index in [2.05, 4.69) is 18.1 Å². The van der Waals surface area contributed by atoms with Crippen LogP contribution in [0.25, 0.3) is 10.9 Å². The number of nitrogens with two attached hydrogens (primary N) is 1. The van der Waals surface area contributed by atoms with Crippen LogP contribution in [0.4, 0.5) is 5.69 Å². The molecule has 0 amide bonds. The van der Waals surface area contributed by atoms with E-state index in [1.165, 1.54) is 0 Å². The fraction of sp³-hybridized carbons (Fsp3) is 0.300. The summed E-state index contributed by atoms with van der Waals surface area (Å²) in [6.07, 6.45) is 1.88. The van der Waals surface area contributed by atoms with Gasteiger partial charge in [0, 0.05) is 17.6 Å². The minimum absolute atomic E-state index is 0.836. The Kier molecular flexibility index (Phi) is 1.72. The molecule has 0 aliphatic carbocycles. The number of nitrogens with zero attached hydrogens (tertiary/aromatic N) is 2. The second-order valence-electron chi connectivity index (χ2n) is 3.23. The van der Waals surface area contributed by atoms with Crippen molar-refractivity contribution in [1.82, 2.24) is 9.78 Å². The van der Waals surface area contributed by atoms with Crippen molar-refractivity contribution >= 4 is 16.6 Å². The van der Waals surface area contributed by atoms with Gasteiger partial charge < -0.3 is 5.73 Å². The highest BCUT2D eigenvalue weighted by Crippen LogP contribution is 2.20. The Labute approximate surface area is 77.2 Å². The predicted octanol–water partition coefficient (Wildman–Crippen LogP) is 1.95. The number of aryl methyl sites for hydroxylation is 2. The first-order valence-corrected chi connectivity index (χ1v) is 4.44. The minimum Gasteiger partial charge on any atom is -0.398 e. The number of hydrogen-bond acceptors (Lipinski definition) is 2. The summed E-state index contributed by atoms with van der Waals surface area (Å²) in [7, 11) is 0. The van der Waals surface area contributed by atoms with Crippen LogP contribution in [0.1, 0.15) is 12.5 Å². The second kappa shape index (κ2) is 2.76. The number of anilines is 1. The van der Waals surface area contributed by atoms with Crippen LogP contribution in [-0.4, -0.2) is 9.78 Å². The van der Waals surface area contributed by atoms with Gasteiger partial charge in [-0.1, -0.05) is 0 Å². The molecule has 0 aliphatic rings. The van der Waals surface area contributed by atoms with Crippen LogP contribution >= 0.6 is 0 Å².